The Kier molecular flexibility index (Phi) is 6.66. The first-order valence-corrected chi connectivity index (χ1v) is 12.0. The van der Waals surface area contributed by atoms with Crippen molar-refractivity contribution in [2.24, 2.45) is 7.05 Å². The summed E-state index contributed by atoms with van der Waals surface area (Å²) in [5.41, 5.74) is 1.94. The topological polar surface area (TPSA) is 95.2 Å². The summed E-state index contributed by atoms with van der Waals surface area (Å²) in [4.78, 5) is 42.3. The van der Waals surface area contributed by atoms with Gasteiger partial charge in [0, 0.05) is 7.05 Å². The van der Waals surface area contributed by atoms with Gasteiger partial charge in [0.05, 0.1) is 27.4 Å². The highest BCUT2D eigenvalue weighted by atomic mass is 32.2. The zero-order chi connectivity index (χ0) is 23.5. The molecule has 1 unspecified atom stereocenters. The summed E-state index contributed by atoms with van der Waals surface area (Å²) < 4.78 is 10.2. The number of anilines is 1. The van der Waals surface area contributed by atoms with E-state index < -0.39 is 18.0 Å². The van der Waals surface area contributed by atoms with E-state index >= 15 is 0 Å². The van der Waals surface area contributed by atoms with Gasteiger partial charge in [-0.2, -0.15) is 0 Å². The van der Waals surface area contributed by atoms with Crippen LogP contribution in [0, 0.1) is 6.92 Å². The van der Waals surface area contributed by atoms with Crippen molar-refractivity contribution in [3.63, 3.8) is 0 Å². The van der Waals surface area contributed by atoms with Crippen molar-refractivity contribution in [2.45, 2.75) is 24.3 Å². The number of amides is 1. The molecule has 2 aromatic carbocycles. The highest BCUT2D eigenvalue weighted by molar-refractivity contribution is 8.01. The lowest BCUT2D eigenvalue weighted by atomic mass is 10.3. The zero-order valence-electron chi connectivity index (χ0n) is 18.3. The van der Waals surface area contributed by atoms with Gasteiger partial charge in [0.15, 0.2) is 10.4 Å². The molecule has 0 bridgehead atoms. The van der Waals surface area contributed by atoms with Crippen LogP contribution in [0.15, 0.2) is 63.7 Å². The fourth-order valence-corrected chi connectivity index (χ4v) is 5.11. The molecule has 0 aliphatic heterocycles. The number of rotatable bonds is 7. The van der Waals surface area contributed by atoms with Gasteiger partial charge in [-0.1, -0.05) is 42.1 Å². The van der Waals surface area contributed by atoms with Gasteiger partial charge >= 0.3 is 5.97 Å². The molecule has 1 amide bonds. The number of aromatic nitrogens is 3. The highest BCUT2D eigenvalue weighted by Gasteiger charge is 2.23. The number of carbonyl (C=O) groups excluding carboxylic acids is 2. The van der Waals surface area contributed by atoms with E-state index in [2.05, 4.69) is 10.3 Å². The molecule has 0 fully saturated rings. The van der Waals surface area contributed by atoms with Crippen LogP contribution in [0.1, 0.15) is 12.6 Å². The number of benzene rings is 2. The van der Waals surface area contributed by atoms with E-state index in [0.29, 0.717) is 11.4 Å². The smallest absolute Gasteiger partial charge is 0.317 e. The Morgan fingerprint density at radius 1 is 1.15 bits per heavy atom. The molecule has 33 heavy (non-hydrogen) atoms. The van der Waals surface area contributed by atoms with E-state index in [9.17, 15) is 14.4 Å². The first kappa shape index (κ1) is 22.8. The summed E-state index contributed by atoms with van der Waals surface area (Å²) in [5, 5.41) is 2.62. The van der Waals surface area contributed by atoms with Crippen LogP contribution >= 0.6 is 23.1 Å². The summed E-state index contributed by atoms with van der Waals surface area (Å²) in [7, 11) is 1.74. The molecule has 2 aromatic heterocycles. The number of hydrogen-bond acceptors (Lipinski definition) is 7. The molecule has 170 valence electrons. The zero-order valence-corrected chi connectivity index (χ0v) is 19.9. The van der Waals surface area contributed by atoms with Crippen molar-refractivity contribution in [2.75, 3.05) is 11.1 Å². The second-order valence-corrected chi connectivity index (χ2v) is 9.55. The summed E-state index contributed by atoms with van der Waals surface area (Å²) in [6.07, 6.45) is -1.06. The van der Waals surface area contributed by atoms with Crippen molar-refractivity contribution in [1.82, 2.24) is 14.3 Å². The fraction of sp³-hybridized carbons (Fsp3) is 0.217. The maximum Gasteiger partial charge on any atom is 0.317 e. The van der Waals surface area contributed by atoms with Gasteiger partial charge in [-0.05, 0) is 38.1 Å². The normalized spacial score (nSPS) is 12.0. The predicted octanol–water partition coefficient (Wildman–Crippen LogP) is 3.76. The van der Waals surface area contributed by atoms with E-state index in [1.807, 2.05) is 42.5 Å². The molecule has 1 atom stereocenters. The average Bonchev–Trinajstić information content (AvgIpc) is 3.32. The lowest BCUT2D eigenvalue weighted by Gasteiger charge is -2.12. The van der Waals surface area contributed by atoms with Crippen LogP contribution < -0.4 is 10.9 Å². The summed E-state index contributed by atoms with van der Waals surface area (Å²) in [5.74, 6) is -1.07. The molecule has 0 aliphatic carbocycles. The molecule has 2 heterocycles. The number of para-hydroxylation sites is 2. The van der Waals surface area contributed by atoms with Gasteiger partial charge in [0.2, 0.25) is 0 Å². The van der Waals surface area contributed by atoms with Gasteiger partial charge in [0.25, 0.3) is 11.5 Å². The lowest BCUT2D eigenvalue weighted by Crippen LogP contribution is -2.32. The Hall–Kier alpha value is -3.37. The molecular formula is C23H22N4O4S2. The number of ether oxygens (including phenoxy) is 1. The minimum atomic E-state index is -1.06. The first-order chi connectivity index (χ1) is 15.8. The Bertz CT molecular complexity index is 1340. The maximum atomic E-state index is 12.9. The monoisotopic (exact) mass is 482 g/mol. The SMILES string of the molecule is Cc1c(NC(=O)C(C)OC(=O)CSc2nc3ccccc3s2)c(=O)n(-c2ccccc2)n1C. The van der Waals surface area contributed by atoms with Gasteiger partial charge < -0.3 is 10.1 Å². The summed E-state index contributed by atoms with van der Waals surface area (Å²) in [6, 6.07) is 16.9. The van der Waals surface area contributed by atoms with Crippen LogP contribution in [0.5, 0.6) is 0 Å². The van der Waals surface area contributed by atoms with E-state index in [-0.39, 0.29) is 17.0 Å². The van der Waals surface area contributed by atoms with E-state index in [4.69, 9.17) is 4.74 Å². The third kappa shape index (κ3) is 4.86. The predicted molar refractivity (Wildman–Crippen MR) is 130 cm³/mol. The van der Waals surface area contributed by atoms with Crippen molar-refractivity contribution >= 4 is 50.9 Å². The third-order valence-corrected chi connectivity index (χ3v) is 7.22. The summed E-state index contributed by atoms with van der Waals surface area (Å²) >= 11 is 2.76. The second-order valence-electron chi connectivity index (χ2n) is 7.29. The molecule has 0 radical (unpaired) electrons. The van der Waals surface area contributed by atoms with Crippen LogP contribution in [-0.2, 0) is 21.4 Å². The highest BCUT2D eigenvalue weighted by Crippen LogP contribution is 2.29. The maximum absolute atomic E-state index is 12.9. The van der Waals surface area contributed by atoms with Crippen LogP contribution in [0.3, 0.4) is 0 Å². The largest absolute Gasteiger partial charge is 0.452 e. The number of carbonyl (C=O) groups is 2. The van der Waals surface area contributed by atoms with Crippen LogP contribution in [0.2, 0.25) is 0 Å². The standard InChI is InChI=1S/C23H22N4O4S2/c1-14-20(22(30)27(26(14)3)16-9-5-4-6-10-16)25-21(29)15(2)31-19(28)13-32-23-24-17-11-7-8-12-18(17)33-23/h4-12,15H,13H2,1-3H3,(H,25,29). The Balaban J connectivity index is 1.38. The molecule has 0 spiro atoms. The molecule has 0 saturated carbocycles. The van der Waals surface area contributed by atoms with Gasteiger partial charge in [-0.3, -0.25) is 19.1 Å². The minimum absolute atomic E-state index is 0.0304. The quantitative estimate of drug-likeness (QED) is 0.318. The second kappa shape index (κ2) is 9.63. The van der Waals surface area contributed by atoms with Gasteiger partial charge in [-0.25, -0.2) is 9.67 Å². The van der Waals surface area contributed by atoms with Crippen molar-refractivity contribution in [3.05, 3.63) is 70.6 Å². The molecular weight excluding hydrogens is 460 g/mol. The average molecular weight is 483 g/mol. The fourth-order valence-electron chi connectivity index (χ4n) is 3.26. The van der Waals surface area contributed by atoms with Crippen molar-refractivity contribution < 1.29 is 14.3 Å². The van der Waals surface area contributed by atoms with Gasteiger partial charge in [0.1, 0.15) is 5.69 Å². The summed E-state index contributed by atoms with van der Waals surface area (Å²) in [6.45, 7) is 3.21. The number of fused-ring (bicyclic) bond motifs is 1. The Morgan fingerprint density at radius 3 is 2.58 bits per heavy atom. The van der Waals surface area contributed by atoms with Crippen LogP contribution in [0.25, 0.3) is 15.9 Å². The van der Waals surface area contributed by atoms with Crippen molar-refractivity contribution in [1.29, 1.82) is 0 Å². The van der Waals surface area contributed by atoms with Crippen LogP contribution in [-0.4, -0.2) is 38.1 Å². The molecule has 4 rings (SSSR count). The molecule has 10 heteroatoms. The lowest BCUT2D eigenvalue weighted by molar-refractivity contribution is -0.150. The minimum Gasteiger partial charge on any atom is -0.452 e. The first-order valence-electron chi connectivity index (χ1n) is 10.2. The molecule has 0 aliphatic rings. The number of hydrogen-bond donors (Lipinski definition) is 1. The number of thioether (sulfide) groups is 1. The Morgan fingerprint density at radius 2 is 1.85 bits per heavy atom. The molecule has 0 saturated heterocycles. The molecule has 1 N–H and O–H groups in total. The van der Waals surface area contributed by atoms with E-state index in [0.717, 1.165) is 14.6 Å². The number of nitrogens with zero attached hydrogens (tertiary/aromatic N) is 3. The molecule has 4 aromatic rings. The number of thiazole rings is 1. The Labute approximate surface area is 198 Å². The van der Waals surface area contributed by atoms with E-state index in [1.165, 1.54) is 34.7 Å². The van der Waals surface area contributed by atoms with E-state index in [1.54, 1.807) is 30.8 Å². The van der Waals surface area contributed by atoms with Crippen molar-refractivity contribution in [3.8, 4) is 5.69 Å². The van der Waals surface area contributed by atoms with Crippen LogP contribution in [0.4, 0.5) is 5.69 Å². The third-order valence-electron chi connectivity index (χ3n) is 5.07. The number of esters is 1. The molecule has 8 nitrogen and oxygen atoms in total. The van der Waals surface area contributed by atoms with Gasteiger partial charge in [-0.15, -0.1) is 11.3 Å². The number of nitrogens with one attached hydrogen (secondary N) is 1.